The molecule has 2 rings (SSSR count). The normalized spacial score (nSPS) is 20.4. The van der Waals surface area contributed by atoms with Gasteiger partial charge in [0.1, 0.15) is 6.04 Å². The van der Waals surface area contributed by atoms with Gasteiger partial charge in [-0.05, 0) is 31.0 Å². The molecular formula is C11H12Cl2N2O. The Bertz CT molecular complexity index is 389. The van der Waals surface area contributed by atoms with Crippen molar-refractivity contribution in [3.8, 4) is 0 Å². The molecule has 1 heterocycles. The average Bonchev–Trinajstić information content (AvgIpc) is 2.20. The molecule has 1 unspecified atom stereocenters. The molecule has 0 radical (unpaired) electrons. The standard InChI is InChI=1S/C11H12Cl2N2O/c12-7-4-8(13)6-9(5-7)15-10-2-1-3-14-11(10)16/h4-6,10,15H,1-3H2,(H,14,16). The molecule has 1 fully saturated rings. The molecule has 1 aromatic carbocycles. The van der Waals surface area contributed by atoms with Crippen molar-refractivity contribution in [2.75, 3.05) is 11.9 Å². The number of nitrogens with one attached hydrogen (secondary N) is 2. The van der Waals surface area contributed by atoms with E-state index in [0.717, 1.165) is 25.1 Å². The van der Waals surface area contributed by atoms with Crippen molar-refractivity contribution in [2.45, 2.75) is 18.9 Å². The van der Waals surface area contributed by atoms with Crippen LogP contribution in [-0.2, 0) is 4.79 Å². The molecule has 1 saturated heterocycles. The Morgan fingerprint density at radius 1 is 1.25 bits per heavy atom. The lowest BCUT2D eigenvalue weighted by Crippen LogP contribution is -2.44. The molecule has 1 atom stereocenters. The second-order valence-corrected chi connectivity index (χ2v) is 4.66. The van der Waals surface area contributed by atoms with Gasteiger partial charge >= 0.3 is 0 Å². The van der Waals surface area contributed by atoms with Crippen LogP contribution in [0.5, 0.6) is 0 Å². The van der Waals surface area contributed by atoms with Crippen LogP contribution < -0.4 is 10.6 Å². The number of piperidine rings is 1. The zero-order chi connectivity index (χ0) is 11.5. The molecular weight excluding hydrogens is 247 g/mol. The summed E-state index contributed by atoms with van der Waals surface area (Å²) in [5.74, 6) is 0.0300. The second-order valence-electron chi connectivity index (χ2n) is 3.79. The van der Waals surface area contributed by atoms with Gasteiger partial charge < -0.3 is 10.6 Å². The van der Waals surface area contributed by atoms with Gasteiger partial charge in [0.05, 0.1) is 0 Å². The Hall–Kier alpha value is -0.930. The molecule has 0 aromatic heterocycles. The highest BCUT2D eigenvalue weighted by Crippen LogP contribution is 2.23. The van der Waals surface area contributed by atoms with Crippen molar-refractivity contribution in [3.63, 3.8) is 0 Å². The molecule has 2 N–H and O–H groups in total. The first kappa shape index (κ1) is 11.6. The summed E-state index contributed by atoms with van der Waals surface area (Å²) in [6.45, 7) is 0.757. The molecule has 0 bridgehead atoms. The maximum absolute atomic E-state index is 11.5. The van der Waals surface area contributed by atoms with Crippen LogP contribution in [0.1, 0.15) is 12.8 Å². The number of benzene rings is 1. The van der Waals surface area contributed by atoms with Crippen LogP contribution in [0.25, 0.3) is 0 Å². The van der Waals surface area contributed by atoms with E-state index in [-0.39, 0.29) is 11.9 Å². The highest BCUT2D eigenvalue weighted by atomic mass is 35.5. The summed E-state index contributed by atoms with van der Waals surface area (Å²) >= 11 is 11.8. The first-order valence-electron chi connectivity index (χ1n) is 5.15. The van der Waals surface area contributed by atoms with E-state index >= 15 is 0 Å². The van der Waals surface area contributed by atoms with Gasteiger partial charge in [0.15, 0.2) is 0 Å². The van der Waals surface area contributed by atoms with Crippen molar-refractivity contribution in [1.82, 2.24) is 5.32 Å². The Morgan fingerprint density at radius 2 is 1.94 bits per heavy atom. The largest absolute Gasteiger partial charge is 0.374 e. The van der Waals surface area contributed by atoms with Gasteiger partial charge in [-0.1, -0.05) is 23.2 Å². The molecule has 16 heavy (non-hydrogen) atoms. The molecule has 1 aromatic rings. The Kier molecular flexibility index (Phi) is 3.56. The SMILES string of the molecule is O=C1NCCCC1Nc1cc(Cl)cc(Cl)c1. The number of amides is 1. The summed E-state index contributed by atoms with van der Waals surface area (Å²) < 4.78 is 0. The van der Waals surface area contributed by atoms with E-state index in [1.807, 2.05) is 0 Å². The van der Waals surface area contributed by atoms with Crippen molar-refractivity contribution in [2.24, 2.45) is 0 Å². The molecule has 0 saturated carbocycles. The quantitative estimate of drug-likeness (QED) is 0.857. The van der Waals surface area contributed by atoms with Crippen molar-refractivity contribution in [1.29, 1.82) is 0 Å². The summed E-state index contributed by atoms with van der Waals surface area (Å²) in [6.07, 6.45) is 1.81. The number of rotatable bonds is 2. The number of carbonyl (C=O) groups is 1. The minimum Gasteiger partial charge on any atom is -0.374 e. The lowest BCUT2D eigenvalue weighted by molar-refractivity contribution is -0.123. The van der Waals surface area contributed by atoms with Crippen molar-refractivity contribution >= 4 is 34.8 Å². The zero-order valence-electron chi connectivity index (χ0n) is 8.59. The summed E-state index contributed by atoms with van der Waals surface area (Å²) in [6, 6.07) is 4.99. The predicted octanol–water partition coefficient (Wildman–Crippen LogP) is 2.68. The van der Waals surface area contributed by atoms with E-state index in [2.05, 4.69) is 10.6 Å². The van der Waals surface area contributed by atoms with E-state index in [4.69, 9.17) is 23.2 Å². The molecule has 3 nitrogen and oxygen atoms in total. The molecule has 1 amide bonds. The number of hydrogen-bond acceptors (Lipinski definition) is 2. The van der Waals surface area contributed by atoms with Gasteiger partial charge in [0.2, 0.25) is 5.91 Å². The first-order valence-corrected chi connectivity index (χ1v) is 5.91. The number of halogens is 2. The minimum atomic E-state index is -0.191. The smallest absolute Gasteiger partial charge is 0.242 e. The highest BCUT2D eigenvalue weighted by Gasteiger charge is 2.21. The molecule has 86 valence electrons. The molecule has 0 spiro atoms. The average molecular weight is 259 g/mol. The predicted molar refractivity (Wildman–Crippen MR) is 66.1 cm³/mol. The van der Waals surface area contributed by atoms with Crippen molar-refractivity contribution in [3.05, 3.63) is 28.2 Å². The third-order valence-corrected chi connectivity index (χ3v) is 2.93. The van der Waals surface area contributed by atoms with E-state index in [0.29, 0.717) is 10.0 Å². The Balaban J connectivity index is 2.10. The van der Waals surface area contributed by atoms with E-state index < -0.39 is 0 Å². The van der Waals surface area contributed by atoms with Gasteiger partial charge in [0.25, 0.3) is 0 Å². The van der Waals surface area contributed by atoms with Crippen LogP contribution >= 0.6 is 23.2 Å². The lowest BCUT2D eigenvalue weighted by Gasteiger charge is -2.23. The Morgan fingerprint density at radius 3 is 2.56 bits per heavy atom. The van der Waals surface area contributed by atoms with Crippen molar-refractivity contribution < 1.29 is 4.79 Å². The van der Waals surface area contributed by atoms with Gasteiger partial charge in [-0.25, -0.2) is 0 Å². The first-order chi connectivity index (χ1) is 7.65. The maximum Gasteiger partial charge on any atom is 0.242 e. The molecule has 1 aliphatic rings. The van der Waals surface area contributed by atoms with Gasteiger partial charge in [-0.3, -0.25) is 4.79 Å². The van der Waals surface area contributed by atoms with Crippen LogP contribution in [-0.4, -0.2) is 18.5 Å². The summed E-state index contributed by atoms with van der Waals surface area (Å²) in [5.41, 5.74) is 0.777. The van der Waals surface area contributed by atoms with Crippen LogP contribution in [0.2, 0.25) is 10.0 Å². The fourth-order valence-electron chi connectivity index (χ4n) is 1.75. The summed E-state index contributed by atoms with van der Waals surface area (Å²) in [4.78, 5) is 11.5. The van der Waals surface area contributed by atoms with E-state index in [1.54, 1.807) is 18.2 Å². The van der Waals surface area contributed by atoms with E-state index in [1.165, 1.54) is 0 Å². The van der Waals surface area contributed by atoms with Crippen LogP contribution in [0.15, 0.2) is 18.2 Å². The van der Waals surface area contributed by atoms with Crippen LogP contribution in [0.4, 0.5) is 5.69 Å². The van der Waals surface area contributed by atoms with E-state index in [9.17, 15) is 4.79 Å². The number of carbonyl (C=O) groups excluding carboxylic acids is 1. The highest BCUT2D eigenvalue weighted by molar-refractivity contribution is 6.35. The fraction of sp³-hybridized carbons (Fsp3) is 0.364. The molecule has 5 heteroatoms. The zero-order valence-corrected chi connectivity index (χ0v) is 10.1. The number of hydrogen-bond donors (Lipinski definition) is 2. The molecule has 1 aliphatic heterocycles. The van der Waals surface area contributed by atoms with Gasteiger partial charge in [0, 0.05) is 22.3 Å². The van der Waals surface area contributed by atoms with Crippen LogP contribution in [0, 0.1) is 0 Å². The summed E-state index contributed by atoms with van der Waals surface area (Å²) in [7, 11) is 0. The molecule has 0 aliphatic carbocycles. The fourth-order valence-corrected chi connectivity index (χ4v) is 2.27. The number of anilines is 1. The maximum atomic E-state index is 11.5. The summed E-state index contributed by atoms with van der Waals surface area (Å²) in [5, 5.41) is 7.07. The Labute approximate surface area is 104 Å². The van der Waals surface area contributed by atoms with Crippen LogP contribution in [0.3, 0.4) is 0 Å². The monoisotopic (exact) mass is 258 g/mol. The van der Waals surface area contributed by atoms with Gasteiger partial charge in [-0.2, -0.15) is 0 Å². The lowest BCUT2D eigenvalue weighted by atomic mass is 10.1. The third kappa shape index (κ3) is 2.80. The minimum absolute atomic E-state index is 0.0300. The topological polar surface area (TPSA) is 41.1 Å². The second kappa shape index (κ2) is 4.93. The third-order valence-electron chi connectivity index (χ3n) is 2.49. The van der Waals surface area contributed by atoms with Gasteiger partial charge in [-0.15, -0.1) is 0 Å².